The summed E-state index contributed by atoms with van der Waals surface area (Å²) in [7, 11) is -2.99. The van der Waals surface area contributed by atoms with E-state index in [1.807, 2.05) is 0 Å². The van der Waals surface area contributed by atoms with E-state index in [0.29, 0.717) is 23.5 Å². The van der Waals surface area contributed by atoms with E-state index in [4.69, 9.17) is 4.42 Å². The number of nitrogens with zero attached hydrogens (tertiary/aromatic N) is 2. The summed E-state index contributed by atoms with van der Waals surface area (Å²) in [6, 6.07) is -0.282. The van der Waals surface area contributed by atoms with E-state index in [2.05, 4.69) is 15.5 Å². The average molecular weight is 331 g/mol. The smallest absolute Gasteiger partial charge is 0.277 e. The van der Waals surface area contributed by atoms with Crippen LogP contribution in [0.4, 0.5) is 0 Å². The molecular weight excluding hydrogens is 314 g/mol. The van der Waals surface area contributed by atoms with Crippen LogP contribution in [-0.4, -0.2) is 47.3 Å². The van der Waals surface area contributed by atoms with Crippen molar-refractivity contribution in [3.8, 4) is 0 Å². The molecule has 2 atom stereocenters. The Labute approximate surface area is 127 Å². The van der Waals surface area contributed by atoms with Gasteiger partial charge in [0.1, 0.15) is 0 Å². The number of thioether (sulfide) groups is 1. The minimum atomic E-state index is -2.99. The van der Waals surface area contributed by atoms with Gasteiger partial charge in [-0.1, -0.05) is 11.8 Å². The van der Waals surface area contributed by atoms with E-state index in [1.54, 1.807) is 6.92 Å². The lowest BCUT2D eigenvalue weighted by Gasteiger charge is -2.14. The van der Waals surface area contributed by atoms with Crippen LogP contribution in [0.25, 0.3) is 0 Å². The van der Waals surface area contributed by atoms with Crippen LogP contribution in [0.1, 0.15) is 38.0 Å². The second kappa shape index (κ2) is 5.60. The van der Waals surface area contributed by atoms with Crippen molar-refractivity contribution in [1.29, 1.82) is 0 Å². The summed E-state index contributed by atoms with van der Waals surface area (Å²) in [5, 5.41) is 10.6. The highest BCUT2D eigenvalue weighted by Crippen LogP contribution is 2.40. The summed E-state index contributed by atoms with van der Waals surface area (Å²) >= 11 is 1.20. The van der Waals surface area contributed by atoms with E-state index in [9.17, 15) is 13.2 Å². The molecule has 9 heteroatoms. The second-order valence-electron chi connectivity index (χ2n) is 5.55. The van der Waals surface area contributed by atoms with E-state index in [-0.39, 0.29) is 23.5 Å². The Hall–Kier alpha value is -1.09. The lowest BCUT2D eigenvalue weighted by atomic mass is 10.2. The number of aromatic nitrogens is 2. The summed E-state index contributed by atoms with van der Waals surface area (Å²) < 4.78 is 28.2. The fourth-order valence-corrected chi connectivity index (χ4v) is 4.57. The monoisotopic (exact) mass is 331 g/mol. The first-order valence-corrected chi connectivity index (χ1v) is 9.64. The molecule has 1 amide bonds. The molecule has 2 aliphatic rings. The molecule has 1 saturated carbocycles. The Balaban J connectivity index is 1.52. The van der Waals surface area contributed by atoms with Gasteiger partial charge in [-0.3, -0.25) is 4.79 Å². The van der Waals surface area contributed by atoms with Crippen molar-refractivity contribution in [2.45, 2.75) is 48.6 Å². The third-order valence-electron chi connectivity index (χ3n) is 3.57. The van der Waals surface area contributed by atoms with Gasteiger partial charge in [0.25, 0.3) is 5.22 Å². The maximum Gasteiger partial charge on any atom is 0.277 e. The first-order valence-electron chi connectivity index (χ1n) is 6.94. The molecule has 116 valence electrons. The molecule has 1 aliphatic heterocycles. The summed E-state index contributed by atoms with van der Waals surface area (Å²) in [5.74, 6) is 1.01. The largest absolute Gasteiger partial charge is 0.416 e. The van der Waals surface area contributed by atoms with Gasteiger partial charge in [0.15, 0.2) is 9.84 Å². The van der Waals surface area contributed by atoms with Crippen molar-refractivity contribution in [2.24, 2.45) is 0 Å². The zero-order valence-corrected chi connectivity index (χ0v) is 13.2. The van der Waals surface area contributed by atoms with Gasteiger partial charge in [-0.15, -0.1) is 10.2 Å². The molecule has 0 aromatic carbocycles. The highest BCUT2D eigenvalue weighted by atomic mass is 32.2. The summed E-state index contributed by atoms with van der Waals surface area (Å²) in [6.07, 6.45) is 2.65. The molecule has 0 unspecified atom stereocenters. The van der Waals surface area contributed by atoms with Gasteiger partial charge >= 0.3 is 0 Å². The van der Waals surface area contributed by atoms with Crippen LogP contribution >= 0.6 is 11.8 Å². The number of hydrogen-bond acceptors (Lipinski definition) is 7. The van der Waals surface area contributed by atoms with Crippen LogP contribution in [0.5, 0.6) is 0 Å². The van der Waals surface area contributed by atoms with Gasteiger partial charge < -0.3 is 9.73 Å². The van der Waals surface area contributed by atoms with Gasteiger partial charge in [0.05, 0.1) is 16.8 Å². The SMILES string of the molecule is C[C@@H](Sc1nnc(C2CC2)o1)C(=O)N[C@@H]1CCS(=O)(=O)C1. The first-order chi connectivity index (χ1) is 9.93. The number of rotatable bonds is 5. The number of carbonyl (C=O) groups is 1. The molecule has 21 heavy (non-hydrogen) atoms. The maximum atomic E-state index is 12.1. The predicted octanol–water partition coefficient (Wildman–Crippen LogP) is 0.731. The average Bonchev–Trinajstić information content (AvgIpc) is 3.07. The van der Waals surface area contributed by atoms with Crippen molar-refractivity contribution < 1.29 is 17.6 Å². The fourth-order valence-electron chi connectivity index (χ4n) is 2.20. The molecular formula is C12H17N3O4S2. The number of amides is 1. The molecule has 7 nitrogen and oxygen atoms in total. The summed E-state index contributed by atoms with van der Waals surface area (Å²) in [6.45, 7) is 1.74. The minimum absolute atomic E-state index is 0.0303. The number of carbonyl (C=O) groups excluding carboxylic acids is 1. The Morgan fingerprint density at radius 3 is 2.76 bits per heavy atom. The van der Waals surface area contributed by atoms with E-state index in [1.165, 1.54) is 11.8 Å². The van der Waals surface area contributed by atoms with Crippen molar-refractivity contribution in [1.82, 2.24) is 15.5 Å². The maximum absolute atomic E-state index is 12.1. The highest BCUT2D eigenvalue weighted by Gasteiger charge is 2.32. The van der Waals surface area contributed by atoms with Crippen LogP contribution in [-0.2, 0) is 14.6 Å². The minimum Gasteiger partial charge on any atom is -0.416 e. The molecule has 2 heterocycles. The van der Waals surface area contributed by atoms with Crippen molar-refractivity contribution in [2.75, 3.05) is 11.5 Å². The predicted molar refractivity (Wildman–Crippen MR) is 76.8 cm³/mol. The normalized spacial score (nSPS) is 25.7. The highest BCUT2D eigenvalue weighted by molar-refractivity contribution is 8.00. The first kappa shape index (κ1) is 14.8. The second-order valence-corrected chi connectivity index (χ2v) is 9.07. The van der Waals surface area contributed by atoms with Crippen LogP contribution < -0.4 is 5.32 Å². The van der Waals surface area contributed by atoms with E-state index >= 15 is 0 Å². The lowest BCUT2D eigenvalue weighted by molar-refractivity contribution is -0.120. The Bertz CT molecular complexity index is 639. The molecule has 0 spiro atoms. The van der Waals surface area contributed by atoms with Gasteiger partial charge in [0.2, 0.25) is 11.8 Å². The fraction of sp³-hybridized carbons (Fsp3) is 0.750. The summed E-state index contributed by atoms with van der Waals surface area (Å²) in [5.41, 5.74) is 0. The molecule has 1 N–H and O–H groups in total. The standard InChI is InChI=1S/C12H17N3O4S2/c1-7(10(16)13-9-4-5-21(17,18)6-9)20-12-15-14-11(19-12)8-2-3-8/h7-9H,2-6H2,1H3,(H,13,16)/t7-,9-/m1/s1. The Morgan fingerprint density at radius 2 is 2.14 bits per heavy atom. The van der Waals surface area contributed by atoms with Crippen molar-refractivity contribution >= 4 is 27.5 Å². The van der Waals surface area contributed by atoms with Gasteiger partial charge in [0, 0.05) is 12.0 Å². The molecule has 1 aromatic rings. The Morgan fingerprint density at radius 1 is 1.38 bits per heavy atom. The molecule has 1 aliphatic carbocycles. The van der Waals surface area contributed by atoms with Gasteiger partial charge in [-0.25, -0.2) is 8.42 Å². The molecule has 0 radical (unpaired) electrons. The van der Waals surface area contributed by atoms with Crippen LogP contribution in [0.15, 0.2) is 9.64 Å². The van der Waals surface area contributed by atoms with Crippen LogP contribution in [0.2, 0.25) is 0 Å². The van der Waals surface area contributed by atoms with Crippen molar-refractivity contribution in [3.05, 3.63) is 5.89 Å². The molecule has 0 bridgehead atoms. The number of sulfone groups is 1. The zero-order valence-electron chi connectivity index (χ0n) is 11.6. The van der Waals surface area contributed by atoms with E-state index < -0.39 is 15.1 Å². The van der Waals surface area contributed by atoms with E-state index in [0.717, 1.165) is 12.8 Å². The molecule has 2 fully saturated rings. The molecule has 1 saturated heterocycles. The number of nitrogens with one attached hydrogen (secondary N) is 1. The number of hydrogen-bond donors (Lipinski definition) is 1. The topological polar surface area (TPSA) is 102 Å². The molecule has 1 aromatic heterocycles. The Kier molecular flexibility index (Phi) is 3.96. The van der Waals surface area contributed by atoms with Crippen molar-refractivity contribution in [3.63, 3.8) is 0 Å². The van der Waals surface area contributed by atoms with Gasteiger partial charge in [-0.2, -0.15) is 0 Å². The zero-order chi connectivity index (χ0) is 15.0. The molecule has 3 rings (SSSR count). The summed E-state index contributed by atoms with van der Waals surface area (Å²) in [4.78, 5) is 12.1. The lowest BCUT2D eigenvalue weighted by Crippen LogP contribution is -2.39. The van der Waals surface area contributed by atoms with Gasteiger partial charge in [-0.05, 0) is 26.2 Å². The third kappa shape index (κ3) is 3.76. The third-order valence-corrected chi connectivity index (χ3v) is 6.28. The quantitative estimate of drug-likeness (QED) is 0.793. The van der Waals surface area contributed by atoms with Crippen LogP contribution in [0.3, 0.4) is 0 Å². The van der Waals surface area contributed by atoms with Crippen LogP contribution in [0, 0.1) is 0 Å².